The number of hydrogen-bond donors (Lipinski definition) is 0. The Kier molecular flexibility index (Phi) is 10.4. The van der Waals surface area contributed by atoms with Crippen LogP contribution >= 0.6 is 0 Å². The van der Waals surface area contributed by atoms with Crippen molar-refractivity contribution in [3.63, 3.8) is 0 Å². The van der Waals surface area contributed by atoms with Gasteiger partial charge in [0.25, 0.3) is 0 Å². The molecule has 0 aliphatic carbocycles. The van der Waals surface area contributed by atoms with Crippen LogP contribution in [-0.2, 0) is 20.7 Å². The number of anilines is 1. The Labute approximate surface area is 226 Å². The molecule has 208 valence electrons. The van der Waals surface area contributed by atoms with Crippen LogP contribution in [0.2, 0.25) is 0 Å². The second-order valence-corrected chi connectivity index (χ2v) is 8.85. The van der Waals surface area contributed by atoms with Crippen molar-refractivity contribution in [3.05, 3.63) is 78.4 Å². The average molecular weight is 544 g/mol. The molecule has 0 aromatic heterocycles. The van der Waals surface area contributed by atoms with Gasteiger partial charge in [-0.3, -0.25) is 4.79 Å². The summed E-state index contributed by atoms with van der Waals surface area (Å²) in [5, 5.41) is 0. The zero-order valence-corrected chi connectivity index (χ0v) is 22.2. The quantitative estimate of drug-likeness (QED) is 0.193. The number of amides is 1. The summed E-state index contributed by atoms with van der Waals surface area (Å²) in [4.78, 5) is 26.6. The maximum Gasteiger partial charge on any atom is 0.573 e. The van der Waals surface area contributed by atoms with E-state index >= 15 is 0 Å². The topological polar surface area (TPSA) is 65.1 Å². The molecule has 0 saturated carbocycles. The molecular weight excluding hydrogens is 511 g/mol. The highest BCUT2D eigenvalue weighted by molar-refractivity contribution is 6.38. The van der Waals surface area contributed by atoms with Crippen LogP contribution in [0.25, 0.3) is 11.1 Å². The highest BCUT2D eigenvalue weighted by Crippen LogP contribution is 2.36. The maximum atomic E-state index is 13.0. The van der Waals surface area contributed by atoms with Crippen LogP contribution in [0.15, 0.2) is 72.8 Å². The SMILES string of the molecule is CCC(CC)Oc1ccc(N(CCCc2ccccc2)C(=O)C(=O)OC)cc1-c1ccc(OC(F)(F)F)cc1. The Morgan fingerprint density at radius 1 is 0.923 bits per heavy atom. The summed E-state index contributed by atoms with van der Waals surface area (Å²) >= 11 is 0. The Morgan fingerprint density at radius 3 is 2.18 bits per heavy atom. The van der Waals surface area contributed by atoms with Gasteiger partial charge in [0.15, 0.2) is 0 Å². The zero-order chi connectivity index (χ0) is 28.4. The van der Waals surface area contributed by atoms with Crippen LogP contribution in [0.3, 0.4) is 0 Å². The lowest BCUT2D eigenvalue weighted by molar-refractivity contribution is -0.274. The number of ether oxygens (including phenoxy) is 3. The van der Waals surface area contributed by atoms with Gasteiger partial charge in [0, 0.05) is 17.8 Å². The van der Waals surface area contributed by atoms with Crippen LogP contribution in [0.1, 0.15) is 38.7 Å². The van der Waals surface area contributed by atoms with Crippen molar-refractivity contribution in [2.75, 3.05) is 18.6 Å². The minimum Gasteiger partial charge on any atom is -0.490 e. The number of benzene rings is 3. The molecule has 0 N–H and O–H groups in total. The minimum absolute atomic E-state index is 0.0823. The van der Waals surface area contributed by atoms with Crippen molar-refractivity contribution in [2.24, 2.45) is 0 Å². The van der Waals surface area contributed by atoms with Crippen molar-refractivity contribution >= 4 is 17.6 Å². The van der Waals surface area contributed by atoms with Crippen LogP contribution < -0.4 is 14.4 Å². The molecule has 3 rings (SSSR count). The molecule has 9 heteroatoms. The van der Waals surface area contributed by atoms with Crippen molar-refractivity contribution in [1.29, 1.82) is 0 Å². The first-order valence-electron chi connectivity index (χ1n) is 12.8. The first kappa shape index (κ1) is 29.5. The normalized spacial score (nSPS) is 11.3. The van der Waals surface area contributed by atoms with Gasteiger partial charge in [0.1, 0.15) is 11.5 Å². The van der Waals surface area contributed by atoms with Crippen molar-refractivity contribution < 1.29 is 37.0 Å². The highest BCUT2D eigenvalue weighted by atomic mass is 19.4. The van der Waals surface area contributed by atoms with E-state index in [0.717, 1.165) is 25.5 Å². The first-order valence-corrected chi connectivity index (χ1v) is 12.8. The first-order chi connectivity index (χ1) is 18.6. The standard InChI is InChI=1S/C30H32F3NO5/c1-4-24(5-2)38-27-18-15-23(20-26(27)22-13-16-25(17-14-22)39-30(31,32)33)34(28(35)29(36)37-3)19-9-12-21-10-7-6-8-11-21/h6-8,10-11,13-18,20,24H,4-5,9,12,19H2,1-3H3. The van der Waals surface area contributed by atoms with E-state index in [1.165, 1.54) is 29.2 Å². The van der Waals surface area contributed by atoms with Gasteiger partial charge >= 0.3 is 18.2 Å². The van der Waals surface area contributed by atoms with E-state index < -0.39 is 18.2 Å². The molecular formula is C30H32F3NO5. The second kappa shape index (κ2) is 13.7. The third-order valence-electron chi connectivity index (χ3n) is 6.17. The fourth-order valence-electron chi connectivity index (χ4n) is 4.12. The van der Waals surface area contributed by atoms with Crippen LogP contribution in [0.4, 0.5) is 18.9 Å². The van der Waals surface area contributed by atoms with Gasteiger partial charge in [-0.2, -0.15) is 0 Å². The van der Waals surface area contributed by atoms with Crippen molar-refractivity contribution in [3.8, 4) is 22.6 Å². The molecule has 0 aliphatic rings. The molecule has 0 heterocycles. The molecule has 0 aliphatic heterocycles. The summed E-state index contributed by atoms with van der Waals surface area (Å²) in [6, 6.07) is 20.3. The van der Waals surface area contributed by atoms with Gasteiger partial charge in [0.2, 0.25) is 0 Å². The summed E-state index contributed by atoms with van der Waals surface area (Å²) < 4.78 is 52.9. The van der Waals surface area contributed by atoms with Gasteiger partial charge in [-0.25, -0.2) is 4.79 Å². The van der Waals surface area contributed by atoms with Crippen molar-refractivity contribution in [2.45, 2.75) is 52.0 Å². The molecule has 39 heavy (non-hydrogen) atoms. The molecule has 0 unspecified atom stereocenters. The number of rotatable bonds is 11. The number of alkyl halides is 3. The van der Waals surface area contributed by atoms with Gasteiger partial charge in [-0.15, -0.1) is 13.2 Å². The molecule has 1 amide bonds. The minimum atomic E-state index is -4.81. The number of hydrogen-bond acceptors (Lipinski definition) is 5. The number of aryl methyl sites for hydroxylation is 1. The maximum absolute atomic E-state index is 13.0. The average Bonchev–Trinajstić information content (AvgIpc) is 2.93. The third-order valence-corrected chi connectivity index (χ3v) is 6.17. The fourth-order valence-corrected chi connectivity index (χ4v) is 4.12. The summed E-state index contributed by atoms with van der Waals surface area (Å²) in [7, 11) is 1.14. The molecule has 3 aromatic carbocycles. The largest absolute Gasteiger partial charge is 0.573 e. The number of carbonyl (C=O) groups is 2. The van der Waals surface area contributed by atoms with Crippen LogP contribution in [-0.4, -0.2) is 38.0 Å². The summed E-state index contributed by atoms with van der Waals surface area (Å²) in [6.45, 7) is 4.23. The lowest BCUT2D eigenvalue weighted by Gasteiger charge is -2.24. The number of halogens is 3. The van der Waals surface area contributed by atoms with E-state index in [-0.39, 0.29) is 18.4 Å². The monoisotopic (exact) mass is 543 g/mol. The van der Waals surface area contributed by atoms with E-state index in [2.05, 4.69) is 4.74 Å². The van der Waals surface area contributed by atoms with E-state index in [0.29, 0.717) is 35.4 Å². The highest BCUT2D eigenvalue weighted by Gasteiger charge is 2.31. The zero-order valence-electron chi connectivity index (χ0n) is 22.2. The Hall–Kier alpha value is -4.01. The van der Waals surface area contributed by atoms with Crippen molar-refractivity contribution in [1.82, 2.24) is 0 Å². The summed E-state index contributed by atoms with van der Waals surface area (Å²) in [6.07, 6.45) is -2.11. The Bertz CT molecular complexity index is 1230. The van der Waals surface area contributed by atoms with E-state index in [1.807, 2.05) is 44.2 Å². The molecule has 0 atom stereocenters. The summed E-state index contributed by atoms with van der Waals surface area (Å²) in [5.41, 5.74) is 2.64. The van der Waals surface area contributed by atoms with Gasteiger partial charge in [-0.05, 0) is 67.1 Å². The molecule has 0 spiro atoms. The van der Waals surface area contributed by atoms with E-state index in [9.17, 15) is 22.8 Å². The number of carbonyl (C=O) groups excluding carboxylic acids is 2. The number of esters is 1. The van der Waals surface area contributed by atoms with Crippen LogP contribution in [0.5, 0.6) is 11.5 Å². The molecule has 3 aromatic rings. The third kappa shape index (κ3) is 8.49. The number of methoxy groups -OCH3 is 1. The molecule has 0 saturated heterocycles. The fraction of sp³-hybridized carbons (Fsp3) is 0.333. The second-order valence-electron chi connectivity index (χ2n) is 8.85. The Balaban J connectivity index is 1.99. The Morgan fingerprint density at radius 2 is 1.59 bits per heavy atom. The smallest absolute Gasteiger partial charge is 0.490 e. The van der Waals surface area contributed by atoms with Crippen LogP contribution in [0, 0.1) is 0 Å². The predicted octanol–water partition coefficient (Wildman–Crippen LogP) is 6.96. The van der Waals surface area contributed by atoms with E-state index in [1.54, 1.807) is 18.2 Å². The van der Waals surface area contributed by atoms with E-state index in [4.69, 9.17) is 9.47 Å². The molecule has 0 bridgehead atoms. The molecule has 0 radical (unpaired) electrons. The summed E-state index contributed by atoms with van der Waals surface area (Å²) in [5.74, 6) is -1.67. The molecule has 0 fully saturated rings. The predicted molar refractivity (Wildman–Crippen MR) is 143 cm³/mol. The van der Waals surface area contributed by atoms with Gasteiger partial charge in [0.05, 0.1) is 13.2 Å². The lowest BCUT2D eigenvalue weighted by atomic mass is 10.0. The molecule has 6 nitrogen and oxygen atoms in total. The number of nitrogens with zero attached hydrogens (tertiary/aromatic N) is 1. The van der Waals surface area contributed by atoms with Gasteiger partial charge in [-0.1, -0.05) is 56.3 Å². The van der Waals surface area contributed by atoms with Gasteiger partial charge < -0.3 is 19.1 Å². The lowest BCUT2D eigenvalue weighted by Crippen LogP contribution is -2.38.